The number of amides is 1. The molecule has 0 fully saturated rings. The number of nitrogens with two attached hydrogens (primary N) is 1. The molecule has 0 unspecified atom stereocenters. The van der Waals surface area contributed by atoms with Gasteiger partial charge in [0, 0.05) is 24.7 Å². The van der Waals surface area contributed by atoms with Crippen LogP contribution in [0.4, 0.5) is 17.2 Å². The summed E-state index contributed by atoms with van der Waals surface area (Å²) >= 11 is 1.52. The van der Waals surface area contributed by atoms with Gasteiger partial charge in [0.25, 0.3) is 5.91 Å². The normalized spacial score (nSPS) is 14.3. The monoisotopic (exact) mass is 366 g/mol. The lowest BCUT2D eigenvalue weighted by atomic mass is 10.2. The van der Waals surface area contributed by atoms with Gasteiger partial charge in [0.2, 0.25) is 0 Å². The van der Waals surface area contributed by atoms with E-state index in [1.807, 2.05) is 36.4 Å². The molecule has 3 heterocycles. The number of carbonyl (C=O) groups is 1. The molecule has 0 aliphatic carbocycles. The Morgan fingerprint density at radius 3 is 3.04 bits per heavy atom. The zero-order chi connectivity index (χ0) is 18.1. The van der Waals surface area contributed by atoms with Crippen LogP contribution in [0.2, 0.25) is 0 Å². The second-order valence-corrected chi connectivity index (χ2v) is 7.11. The number of fused-ring (bicyclic) bond motifs is 1. The third-order valence-corrected chi connectivity index (χ3v) is 5.20. The van der Waals surface area contributed by atoms with E-state index in [1.165, 1.54) is 18.1 Å². The van der Waals surface area contributed by atoms with Crippen LogP contribution in [0.1, 0.15) is 5.56 Å². The van der Waals surface area contributed by atoms with Crippen LogP contribution in [0, 0.1) is 6.92 Å². The van der Waals surface area contributed by atoms with Crippen molar-refractivity contribution in [2.45, 2.75) is 6.92 Å². The fourth-order valence-corrected chi connectivity index (χ4v) is 3.79. The molecule has 0 spiro atoms. The van der Waals surface area contributed by atoms with E-state index in [-0.39, 0.29) is 5.91 Å². The molecule has 1 aromatic carbocycles. The van der Waals surface area contributed by atoms with Crippen molar-refractivity contribution in [3.8, 4) is 0 Å². The van der Waals surface area contributed by atoms with E-state index in [2.05, 4.69) is 20.3 Å². The number of benzene rings is 1. The smallest absolute Gasteiger partial charge is 0.263 e. The van der Waals surface area contributed by atoms with Crippen molar-refractivity contribution in [3.63, 3.8) is 0 Å². The van der Waals surface area contributed by atoms with Gasteiger partial charge in [0.05, 0.1) is 21.7 Å². The lowest BCUT2D eigenvalue weighted by molar-refractivity contribution is -0.112. The third kappa shape index (κ3) is 2.99. The summed E-state index contributed by atoms with van der Waals surface area (Å²) in [4.78, 5) is 27.1. The topological polar surface area (TPSA) is 99.9 Å². The molecule has 3 aromatic rings. The summed E-state index contributed by atoms with van der Waals surface area (Å²) in [5.74, 6) is 1.42. The first kappa shape index (κ1) is 16.5. The molecule has 132 valence electrons. The number of para-hydroxylation sites is 2. The first-order valence-corrected chi connectivity index (χ1v) is 9.18. The summed E-state index contributed by atoms with van der Waals surface area (Å²) in [5.41, 5.74) is 8.93. The predicted octanol–water partition coefficient (Wildman–Crippen LogP) is 2.88. The molecule has 2 aromatic heterocycles. The van der Waals surface area contributed by atoms with Crippen LogP contribution in [0.5, 0.6) is 0 Å². The number of nitrogen functional groups attached to an aromatic ring is 1. The molecule has 4 rings (SSSR count). The quantitative estimate of drug-likeness (QED) is 0.616. The zero-order valence-electron chi connectivity index (χ0n) is 14.2. The average Bonchev–Trinajstić information content (AvgIpc) is 3.05. The number of H-pyrrole nitrogens is 1. The van der Waals surface area contributed by atoms with E-state index in [4.69, 9.17) is 5.73 Å². The Bertz CT molecular complexity index is 1010. The number of hydrogen-bond acceptors (Lipinski definition) is 6. The number of nitrogens with one attached hydrogen (secondary N) is 2. The van der Waals surface area contributed by atoms with Gasteiger partial charge in [-0.25, -0.2) is 9.97 Å². The minimum absolute atomic E-state index is 0.173. The minimum atomic E-state index is -0.173. The van der Waals surface area contributed by atoms with E-state index in [0.29, 0.717) is 16.3 Å². The van der Waals surface area contributed by atoms with Crippen LogP contribution in [0.3, 0.4) is 0 Å². The lowest BCUT2D eigenvalue weighted by Gasteiger charge is -2.25. The summed E-state index contributed by atoms with van der Waals surface area (Å²) < 4.78 is 0. The highest BCUT2D eigenvalue weighted by atomic mass is 32.2. The molecule has 26 heavy (non-hydrogen) atoms. The van der Waals surface area contributed by atoms with Crippen molar-refractivity contribution in [1.82, 2.24) is 15.0 Å². The van der Waals surface area contributed by atoms with Crippen LogP contribution in [0.15, 0.2) is 47.9 Å². The highest BCUT2D eigenvalue weighted by Crippen LogP contribution is 2.31. The molecule has 1 amide bonds. The molecule has 4 N–H and O–H groups in total. The summed E-state index contributed by atoms with van der Waals surface area (Å²) in [6, 6.07) is 7.22. The average molecular weight is 366 g/mol. The maximum atomic E-state index is 12.7. The predicted molar refractivity (Wildman–Crippen MR) is 106 cm³/mol. The van der Waals surface area contributed by atoms with Crippen molar-refractivity contribution in [3.05, 3.63) is 53.5 Å². The summed E-state index contributed by atoms with van der Waals surface area (Å²) in [7, 11) is 0. The summed E-state index contributed by atoms with van der Waals surface area (Å²) in [6.07, 6.45) is 5.29. The van der Waals surface area contributed by atoms with Gasteiger partial charge in [-0.05, 0) is 24.6 Å². The molecule has 7 nitrogen and oxygen atoms in total. The Labute approximate surface area is 154 Å². The van der Waals surface area contributed by atoms with E-state index >= 15 is 0 Å². The number of aromatic amines is 1. The molecule has 0 atom stereocenters. The van der Waals surface area contributed by atoms with Crippen LogP contribution in [0.25, 0.3) is 11.0 Å². The molecule has 8 heteroatoms. The number of nitrogens with zero attached hydrogens (tertiary/aromatic N) is 3. The fraction of sp³-hybridized carbons (Fsp3) is 0.167. The molecule has 0 saturated heterocycles. The number of carbonyl (C=O) groups excluding carboxylic acids is 1. The summed E-state index contributed by atoms with van der Waals surface area (Å²) in [6.45, 7) is 2.78. The first-order chi connectivity index (χ1) is 12.6. The number of rotatable bonds is 3. The van der Waals surface area contributed by atoms with Gasteiger partial charge in [-0.3, -0.25) is 4.79 Å². The van der Waals surface area contributed by atoms with Gasteiger partial charge in [-0.15, -0.1) is 11.8 Å². The van der Waals surface area contributed by atoms with E-state index < -0.39 is 0 Å². The molecule has 0 bridgehead atoms. The Kier molecular flexibility index (Phi) is 4.26. The standard InChI is InChI=1S/C18H18N6OS/c1-11-8-20-16-15(11)17(22-10-21-16)24-6-7-26-14(9-24)18(25)23-13-5-3-2-4-12(13)19/h2-5,8-10H,6-7,19H2,1H3,(H,23,25)(H,20,21,22). The third-order valence-electron chi connectivity index (χ3n) is 4.21. The van der Waals surface area contributed by atoms with Crippen LogP contribution in [-0.4, -0.2) is 33.2 Å². The van der Waals surface area contributed by atoms with Crippen molar-refractivity contribution in [1.29, 1.82) is 0 Å². The van der Waals surface area contributed by atoms with E-state index in [0.717, 1.165) is 34.7 Å². The minimum Gasteiger partial charge on any atom is -0.397 e. The number of aryl methyl sites for hydroxylation is 1. The lowest BCUT2D eigenvalue weighted by Crippen LogP contribution is -2.28. The summed E-state index contributed by atoms with van der Waals surface area (Å²) in [5, 5.41) is 3.85. The first-order valence-electron chi connectivity index (χ1n) is 8.19. The molecule has 1 aliphatic rings. The van der Waals surface area contributed by atoms with Crippen LogP contribution in [-0.2, 0) is 4.79 Å². The number of hydrogen-bond donors (Lipinski definition) is 3. The Hall–Kier alpha value is -3.00. The Balaban J connectivity index is 1.64. The van der Waals surface area contributed by atoms with E-state index in [1.54, 1.807) is 12.1 Å². The van der Waals surface area contributed by atoms with E-state index in [9.17, 15) is 4.79 Å². The zero-order valence-corrected chi connectivity index (χ0v) is 15.0. The van der Waals surface area contributed by atoms with Gasteiger partial charge in [-0.2, -0.15) is 0 Å². The highest BCUT2D eigenvalue weighted by Gasteiger charge is 2.21. The molecule has 1 aliphatic heterocycles. The fourth-order valence-electron chi connectivity index (χ4n) is 2.90. The molecular formula is C18H18N6OS. The molecule has 0 radical (unpaired) electrons. The molecule has 0 saturated carbocycles. The van der Waals surface area contributed by atoms with Gasteiger partial charge in [-0.1, -0.05) is 12.1 Å². The maximum Gasteiger partial charge on any atom is 0.263 e. The Morgan fingerprint density at radius 2 is 2.19 bits per heavy atom. The number of aromatic nitrogens is 3. The van der Waals surface area contributed by atoms with Crippen LogP contribution < -0.4 is 16.0 Å². The Morgan fingerprint density at radius 1 is 1.35 bits per heavy atom. The second kappa shape index (κ2) is 6.72. The van der Waals surface area contributed by atoms with Gasteiger partial charge in [0.15, 0.2) is 0 Å². The molecular weight excluding hydrogens is 348 g/mol. The van der Waals surface area contributed by atoms with Crippen LogP contribution >= 0.6 is 11.8 Å². The number of anilines is 3. The maximum absolute atomic E-state index is 12.7. The van der Waals surface area contributed by atoms with Crippen molar-refractivity contribution in [2.75, 3.05) is 28.2 Å². The van der Waals surface area contributed by atoms with Gasteiger partial charge >= 0.3 is 0 Å². The van der Waals surface area contributed by atoms with Gasteiger partial charge < -0.3 is 20.9 Å². The SMILES string of the molecule is Cc1c[nH]c2ncnc(N3C=C(C(=O)Nc4ccccc4N)SCC3)c12. The second-order valence-electron chi connectivity index (χ2n) is 5.97. The van der Waals surface area contributed by atoms with Crippen molar-refractivity contribution < 1.29 is 4.79 Å². The van der Waals surface area contributed by atoms with Gasteiger partial charge in [0.1, 0.15) is 17.8 Å². The highest BCUT2D eigenvalue weighted by molar-refractivity contribution is 8.04. The van der Waals surface area contributed by atoms with Crippen molar-refractivity contribution in [2.24, 2.45) is 0 Å². The largest absolute Gasteiger partial charge is 0.397 e. The van der Waals surface area contributed by atoms with Crippen molar-refractivity contribution >= 4 is 45.9 Å². The number of thioether (sulfide) groups is 1.